The quantitative estimate of drug-likeness (QED) is 0.476. The number of hydrazone groups is 1. The lowest BCUT2D eigenvalue weighted by Gasteiger charge is -2.37. The summed E-state index contributed by atoms with van der Waals surface area (Å²) in [7, 11) is 0. The highest BCUT2D eigenvalue weighted by Crippen LogP contribution is 2.23. The van der Waals surface area contributed by atoms with Gasteiger partial charge in [-0.15, -0.1) is 0 Å². The average Bonchev–Trinajstić information content (AvgIpc) is 2.77. The number of pyridine rings is 1. The molecule has 0 amide bonds. The molecule has 1 fully saturated rings. The second-order valence-electron chi connectivity index (χ2n) is 6.82. The van der Waals surface area contributed by atoms with Crippen LogP contribution in [0.15, 0.2) is 48.1 Å². The van der Waals surface area contributed by atoms with Gasteiger partial charge in [0, 0.05) is 38.3 Å². The van der Waals surface area contributed by atoms with Crippen molar-refractivity contribution in [1.82, 2.24) is 15.3 Å². The van der Waals surface area contributed by atoms with Gasteiger partial charge in [-0.1, -0.05) is 24.8 Å². The van der Waals surface area contributed by atoms with Crippen LogP contribution >= 0.6 is 12.2 Å². The summed E-state index contributed by atoms with van der Waals surface area (Å²) in [6.45, 7) is 7.61. The summed E-state index contributed by atoms with van der Waals surface area (Å²) in [5, 5.41) is 4.95. The Bertz CT molecular complexity index is 939. The van der Waals surface area contributed by atoms with Gasteiger partial charge in [0.15, 0.2) is 5.11 Å². The number of ether oxygens (including phenoxy) is 1. The van der Waals surface area contributed by atoms with E-state index in [9.17, 15) is 4.39 Å². The van der Waals surface area contributed by atoms with E-state index >= 15 is 0 Å². The molecule has 2 aliphatic rings. The molecule has 0 radical (unpaired) electrons. The summed E-state index contributed by atoms with van der Waals surface area (Å²) >= 11 is 5.51. The van der Waals surface area contributed by atoms with E-state index in [2.05, 4.69) is 56.2 Å². The topological polar surface area (TPSA) is 53.0 Å². The zero-order valence-corrected chi connectivity index (χ0v) is 16.8. The molecular formula is C21H22FN5OS. The minimum atomic E-state index is -0.554. The third-order valence-corrected chi connectivity index (χ3v) is 5.39. The SMILES string of the molecule is C=Cc1ccc(N2CCN(C(=S)N/N=C3/CCOc4ccc(F)nc43)CC2)cc1. The Morgan fingerprint density at radius 1 is 1.17 bits per heavy atom. The Balaban J connectivity index is 1.35. The summed E-state index contributed by atoms with van der Waals surface area (Å²) in [6.07, 6.45) is 2.39. The van der Waals surface area contributed by atoms with Crippen molar-refractivity contribution >= 4 is 34.8 Å². The van der Waals surface area contributed by atoms with Crippen LogP contribution < -0.4 is 15.1 Å². The first-order valence-corrected chi connectivity index (χ1v) is 9.93. The number of halogens is 1. The summed E-state index contributed by atoms with van der Waals surface area (Å²) in [5.41, 5.74) is 6.33. The fourth-order valence-corrected chi connectivity index (χ4v) is 3.63. The van der Waals surface area contributed by atoms with E-state index in [1.54, 1.807) is 6.07 Å². The predicted molar refractivity (Wildman–Crippen MR) is 117 cm³/mol. The number of thiocarbonyl (C=S) groups is 1. The van der Waals surface area contributed by atoms with Crippen LogP contribution in [-0.4, -0.2) is 53.5 Å². The predicted octanol–water partition coefficient (Wildman–Crippen LogP) is 3.05. The molecule has 0 saturated carbocycles. The number of anilines is 1. The molecule has 4 rings (SSSR count). The van der Waals surface area contributed by atoms with Crippen molar-refractivity contribution in [3.05, 3.63) is 60.2 Å². The first-order chi connectivity index (χ1) is 14.1. The van der Waals surface area contributed by atoms with E-state index in [4.69, 9.17) is 17.0 Å². The molecule has 1 N–H and O–H groups in total. The molecule has 0 aliphatic carbocycles. The van der Waals surface area contributed by atoms with Crippen molar-refractivity contribution in [3.63, 3.8) is 0 Å². The molecule has 2 aliphatic heterocycles. The molecule has 1 aromatic heterocycles. The largest absolute Gasteiger partial charge is 0.491 e. The molecule has 150 valence electrons. The van der Waals surface area contributed by atoms with Gasteiger partial charge in [-0.3, -0.25) is 5.43 Å². The molecule has 6 nitrogen and oxygen atoms in total. The number of nitrogens with zero attached hydrogens (tertiary/aromatic N) is 4. The van der Waals surface area contributed by atoms with Crippen LogP contribution in [0.2, 0.25) is 0 Å². The highest BCUT2D eigenvalue weighted by Gasteiger charge is 2.21. The lowest BCUT2D eigenvalue weighted by atomic mass is 10.1. The molecule has 2 aromatic rings. The van der Waals surface area contributed by atoms with Crippen molar-refractivity contribution in [3.8, 4) is 5.75 Å². The molecule has 0 unspecified atom stereocenters. The second kappa shape index (κ2) is 8.57. The monoisotopic (exact) mass is 411 g/mol. The standard InChI is InChI=1S/C21H22FN5OS/c1-2-15-3-5-16(6-4-15)26-10-12-27(13-11-26)21(29)25-24-17-9-14-28-18-7-8-19(22)23-20(17)18/h2-8H,1,9-14H2,(H,25,29)/b24-17-. The Hall–Kier alpha value is -3.00. The molecule has 8 heteroatoms. The second-order valence-corrected chi connectivity index (χ2v) is 7.21. The third kappa shape index (κ3) is 4.37. The number of rotatable bonds is 3. The molecule has 29 heavy (non-hydrogen) atoms. The molecule has 0 spiro atoms. The van der Waals surface area contributed by atoms with Crippen molar-refractivity contribution in [2.75, 3.05) is 37.7 Å². The maximum absolute atomic E-state index is 13.5. The Kier molecular flexibility index (Phi) is 5.71. The first kappa shape index (κ1) is 19.3. The number of nitrogens with one attached hydrogen (secondary N) is 1. The van der Waals surface area contributed by atoms with E-state index in [0.717, 1.165) is 31.7 Å². The Morgan fingerprint density at radius 2 is 1.93 bits per heavy atom. The van der Waals surface area contributed by atoms with Gasteiger partial charge >= 0.3 is 0 Å². The summed E-state index contributed by atoms with van der Waals surface area (Å²) in [4.78, 5) is 8.33. The normalized spacial score (nSPS) is 17.5. The van der Waals surface area contributed by atoms with Crippen LogP contribution in [0.5, 0.6) is 5.75 Å². The summed E-state index contributed by atoms with van der Waals surface area (Å²) in [6, 6.07) is 11.2. The minimum absolute atomic E-state index is 0.430. The van der Waals surface area contributed by atoms with Gasteiger partial charge in [-0.05, 0) is 42.0 Å². The number of fused-ring (bicyclic) bond motifs is 1. The number of benzene rings is 1. The van der Waals surface area contributed by atoms with Gasteiger partial charge < -0.3 is 14.5 Å². The average molecular weight is 412 g/mol. The Morgan fingerprint density at radius 3 is 2.66 bits per heavy atom. The molecular weight excluding hydrogens is 389 g/mol. The van der Waals surface area contributed by atoms with Crippen molar-refractivity contribution in [1.29, 1.82) is 0 Å². The van der Waals surface area contributed by atoms with E-state index < -0.39 is 5.95 Å². The lowest BCUT2D eigenvalue weighted by Crippen LogP contribution is -2.51. The summed E-state index contributed by atoms with van der Waals surface area (Å²) in [5.74, 6) is -0.0121. The van der Waals surface area contributed by atoms with E-state index in [1.165, 1.54) is 11.8 Å². The number of piperazine rings is 1. The summed E-state index contributed by atoms with van der Waals surface area (Å²) < 4.78 is 19.0. The zero-order valence-electron chi connectivity index (χ0n) is 16.0. The first-order valence-electron chi connectivity index (χ1n) is 9.52. The fraction of sp³-hybridized carbons (Fsp3) is 0.286. The molecule has 1 aromatic carbocycles. The highest BCUT2D eigenvalue weighted by atomic mass is 32.1. The number of hydrogen-bond acceptors (Lipinski definition) is 5. The van der Waals surface area contributed by atoms with Crippen LogP contribution in [0, 0.1) is 5.95 Å². The van der Waals surface area contributed by atoms with Gasteiger partial charge in [-0.2, -0.15) is 9.49 Å². The fourth-order valence-electron chi connectivity index (χ4n) is 3.41. The maximum atomic E-state index is 13.5. The highest BCUT2D eigenvalue weighted by molar-refractivity contribution is 7.80. The molecule has 3 heterocycles. The minimum Gasteiger partial charge on any atom is -0.491 e. The molecule has 0 bridgehead atoms. The van der Waals surface area contributed by atoms with Gasteiger partial charge in [-0.25, -0.2) is 4.98 Å². The van der Waals surface area contributed by atoms with Crippen LogP contribution in [0.25, 0.3) is 6.08 Å². The van der Waals surface area contributed by atoms with Crippen LogP contribution in [0.1, 0.15) is 17.7 Å². The molecule has 0 atom stereocenters. The van der Waals surface area contributed by atoms with E-state index in [-0.39, 0.29) is 0 Å². The maximum Gasteiger partial charge on any atom is 0.213 e. The van der Waals surface area contributed by atoms with Crippen molar-refractivity contribution < 1.29 is 9.13 Å². The zero-order chi connectivity index (χ0) is 20.2. The third-order valence-electron chi connectivity index (χ3n) is 5.04. The molecule has 1 saturated heterocycles. The van der Waals surface area contributed by atoms with Crippen molar-refractivity contribution in [2.45, 2.75) is 6.42 Å². The Labute approximate surface area is 174 Å². The van der Waals surface area contributed by atoms with E-state index in [1.807, 2.05) is 6.08 Å². The van der Waals surface area contributed by atoms with Crippen LogP contribution in [0.4, 0.5) is 10.1 Å². The van der Waals surface area contributed by atoms with Crippen molar-refractivity contribution in [2.24, 2.45) is 5.10 Å². The van der Waals surface area contributed by atoms with Gasteiger partial charge in [0.1, 0.15) is 11.4 Å². The van der Waals surface area contributed by atoms with E-state index in [0.29, 0.717) is 35.3 Å². The lowest BCUT2D eigenvalue weighted by molar-refractivity contribution is 0.316. The van der Waals surface area contributed by atoms with Crippen LogP contribution in [0.3, 0.4) is 0 Å². The smallest absolute Gasteiger partial charge is 0.213 e. The van der Waals surface area contributed by atoms with Gasteiger partial charge in [0.2, 0.25) is 5.95 Å². The number of aromatic nitrogens is 1. The number of hydrogen-bond donors (Lipinski definition) is 1. The van der Waals surface area contributed by atoms with Crippen LogP contribution in [-0.2, 0) is 0 Å². The van der Waals surface area contributed by atoms with Gasteiger partial charge in [0.05, 0.1) is 12.3 Å². The van der Waals surface area contributed by atoms with Gasteiger partial charge in [0.25, 0.3) is 0 Å².